The van der Waals surface area contributed by atoms with E-state index < -0.39 is 0 Å². The van der Waals surface area contributed by atoms with E-state index in [1.54, 1.807) is 0 Å². The van der Waals surface area contributed by atoms with E-state index in [0.717, 1.165) is 28.9 Å². The fraction of sp³-hybridized carbons (Fsp3) is 0.300. The van der Waals surface area contributed by atoms with E-state index in [9.17, 15) is 0 Å². The number of nitrogens with zero attached hydrogens (tertiary/aromatic N) is 3. The molecule has 0 radical (unpaired) electrons. The third-order valence-corrected chi connectivity index (χ3v) is 6.80. The van der Waals surface area contributed by atoms with Crippen LogP contribution >= 0.6 is 11.8 Å². The highest BCUT2D eigenvalue weighted by Gasteiger charge is 2.17. The number of aliphatic imine (C=N–C) groups is 1. The molecule has 4 nitrogen and oxygen atoms in total. The van der Waals surface area contributed by atoms with Gasteiger partial charge in [-0.15, -0.1) is 10.2 Å². The van der Waals surface area contributed by atoms with E-state index >= 15 is 0 Å². The van der Waals surface area contributed by atoms with Crippen LogP contribution in [-0.2, 0) is 6.42 Å². The maximum Gasteiger partial charge on any atom is 0.276 e. The van der Waals surface area contributed by atoms with Crippen molar-refractivity contribution < 1.29 is 4.42 Å². The molecule has 0 saturated carbocycles. The summed E-state index contributed by atoms with van der Waals surface area (Å²) < 4.78 is 6.06. The molecule has 0 aliphatic heterocycles. The highest BCUT2D eigenvalue weighted by Crippen LogP contribution is 2.28. The van der Waals surface area contributed by atoms with E-state index in [0.29, 0.717) is 22.8 Å². The summed E-state index contributed by atoms with van der Waals surface area (Å²) in [7, 11) is 0. The standard InChI is InChI=1S/C30H33N3OS/c1-20(2)17-24-13-15-25(16-14-24)23(5)29-32-33-30(34-29)35-19-28(26-11-8-9-21(3)18-26)31-27-12-7-6-10-22(27)4/h6-16,18,20,23H,17,19H2,1-5H3. The second-order valence-electron chi connectivity index (χ2n) is 9.47. The average molecular weight is 484 g/mol. The minimum Gasteiger partial charge on any atom is -0.415 e. The van der Waals surface area contributed by atoms with Crippen molar-refractivity contribution in [3.05, 3.63) is 107 Å². The number of thioether (sulfide) groups is 1. The summed E-state index contributed by atoms with van der Waals surface area (Å²) in [5, 5.41) is 9.23. The number of benzene rings is 3. The molecule has 4 aromatic rings. The SMILES string of the molecule is Cc1cccc(C(CSc2nnc(C(C)c3ccc(CC(C)C)cc3)o2)=Nc2ccccc2C)c1. The van der Waals surface area contributed by atoms with Crippen molar-refractivity contribution >= 4 is 23.2 Å². The van der Waals surface area contributed by atoms with Gasteiger partial charge in [-0.1, -0.05) is 97.9 Å². The normalized spacial score (nSPS) is 12.8. The van der Waals surface area contributed by atoms with E-state index in [2.05, 4.69) is 105 Å². The molecule has 0 bridgehead atoms. The first-order valence-electron chi connectivity index (χ1n) is 12.1. The fourth-order valence-corrected chi connectivity index (χ4v) is 4.71. The Morgan fingerprint density at radius 3 is 2.40 bits per heavy atom. The minimum absolute atomic E-state index is 0.0434. The smallest absolute Gasteiger partial charge is 0.276 e. The molecule has 1 unspecified atom stereocenters. The van der Waals surface area contributed by atoms with Crippen molar-refractivity contribution in [2.24, 2.45) is 10.9 Å². The first kappa shape index (κ1) is 24.9. The number of aromatic nitrogens is 2. The Labute approximate surface area is 212 Å². The Bertz CT molecular complexity index is 1290. The molecule has 1 aromatic heterocycles. The number of rotatable bonds is 9. The summed E-state index contributed by atoms with van der Waals surface area (Å²) in [5.74, 6) is 1.96. The van der Waals surface area contributed by atoms with Gasteiger partial charge in [0.15, 0.2) is 0 Å². The summed E-state index contributed by atoms with van der Waals surface area (Å²) in [6, 6.07) is 25.4. The van der Waals surface area contributed by atoms with Crippen LogP contribution in [0.4, 0.5) is 5.69 Å². The van der Waals surface area contributed by atoms with Crippen molar-refractivity contribution in [3.8, 4) is 0 Å². The summed E-state index contributed by atoms with van der Waals surface area (Å²) in [5.41, 5.74) is 7.96. The third kappa shape index (κ3) is 6.70. The van der Waals surface area contributed by atoms with Crippen LogP contribution in [0.1, 0.15) is 60.4 Å². The highest BCUT2D eigenvalue weighted by atomic mass is 32.2. The van der Waals surface area contributed by atoms with E-state index in [4.69, 9.17) is 9.41 Å². The van der Waals surface area contributed by atoms with Gasteiger partial charge in [-0.25, -0.2) is 0 Å². The fourth-order valence-electron chi connectivity index (χ4n) is 3.98. The first-order chi connectivity index (χ1) is 16.9. The zero-order valence-corrected chi connectivity index (χ0v) is 22.0. The predicted octanol–water partition coefficient (Wildman–Crippen LogP) is 7.95. The maximum atomic E-state index is 6.06. The van der Waals surface area contributed by atoms with Crippen LogP contribution in [0.15, 0.2) is 87.4 Å². The lowest BCUT2D eigenvalue weighted by Gasteiger charge is -2.10. The summed E-state index contributed by atoms with van der Waals surface area (Å²) in [6.07, 6.45) is 1.09. The zero-order valence-electron chi connectivity index (χ0n) is 21.2. The van der Waals surface area contributed by atoms with Crippen molar-refractivity contribution in [1.29, 1.82) is 0 Å². The quantitative estimate of drug-likeness (QED) is 0.179. The molecule has 4 rings (SSSR count). The summed E-state index contributed by atoms with van der Waals surface area (Å²) >= 11 is 1.53. The Morgan fingerprint density at radius 1 is 0.914 bits per heavy atom. The van der Waals surface area contributed by atoms with Crippen molar-refractivity contribution in [2.75, 3.05) is 5.75 Å². The van der Waals surface area contributed by atoms with Crippen LogP contribution in [0.5, 0.6) is 0 Å². The lowest BCUT2D eigenvalue weighted by atomic mass is 9.97. The number of hydrogen-bond donors (Lipinski definition) is 0. The molecule has 3 aromatic carbocycles. The second kappa shape index (κ2) is 11.5. The first-order valence-corrected chi connectivity index (χ1v) is 13.1. The number of aryl methyl sites for hydroxylation is 2. The summed E-state index contributed by atoms with van der Waals surface area (Å²) in [4.78, 5) is 5.01. The average Bonchev–Trinajstić information content (AvgIpc) is 3.31. The lowest BCUT2D eigenvalue weighted by Crippen LogP contribution is -2.05. The van der Waals surface area contributed by atoms with E-state index in [1.165, 1.54) is 28.5 Å². The van der Waals surface area contributed by atoms with Crippen LogP contribution in [0.2, 0.25) is 0 Å². The third-order valence-electron chi connectivity index (χ3n) is 5.97. The van der Waals surface area contributed by atoms with Gasteiger partial charge in [0.1, 0.15) is 0 Å². The van der Waals surface area contributed by atoms with Crippen LogP contribution in [0, 0.1) is 19.8 Å². The Kier molecular flexibility index (Phi) is 8.19. The van der Waals surface area contributed by atoms with Gasteiger partial charge in [0.25, 0.3) is 5.22 Å². The molecule has 0 N–H and O–H groups in total. The van der Waals surface area contributed by atoms with Gasteiger partial charge in [0.2, 0.25) is 5.89 Å². The summed E-state index contributed by atoms with van der Waals surface area (Å²) in [6.45, 7) is 10.8. The van der Waals surface area contributed by atoms with E-state index in [-0.39, 0.29) is 5.92 Å². The van der Waals surface area contributed by atoms with Gasteiger partial charge >= 0.3 is 0 Å². The van der Waals surface area contributed by atoms with Crippen LogP contribution in [-0.4, -0.2) is 21.7 Å². The highest BCUT2D eigenvalue weighted by molar-refractivity contribution is 7.99. The Balaban J connectivity index is 1.50. The van der Waals surface area contributed by atoms with Gasteiger partial charge in [-0.2, -0.15) is 0 Å². The van der Waals surface area contributed by atoms with E-state index in [1.807, 2.05) is 12.1 Å². The van der Waals surface area contributed by atoms with Crippen LogP contribution < -0.4 is 0 Å². The van der Waals surface area contributed by atoms with Gasteiger partial charge < -0.3 is 4.42 Å². The molecule has 0 fully saturated rings. The number of para-hydroxylation sites is 1. The molecular weight excluding hydrogens is 450 g/mol. The molecule has 1 heterocycles. The second-order valence-corrected chi connectivity index (χ2v) is 10.4. The van der Waals surface area contributed by atoms with Crippen molar-refractivity contribution in [1.82, 2.24) is 10.2 Å². The van der Waals surface area contributed by atoms with Crippen molar-refractivity contribution in [3.63, 3.8) is 0 Å². The molecule has 35 heavy (non-hydrogen) atoms. The number of hydrogen-bond acceptors (Lipinski definition) is 5. The van der Waals surface area contributed by atoms with Gasteiger partial charge in [-0.05, 0) is 61.4 Å². The monoisotopic (exact) mass is 483 g/mol. The molecule has 0 aliphatic rings. The molecule has 0 amide bonds. The largest absolute Gasteiger partial charge is 0.415 e. The Hall–Kier alpha value is -3.18. The van der Waals surface area contributed by atoms with Gasteiger partial charge in [0.05, 0.1) is 17.3 Å². The molecule has 0 saturated heterocycles. The predicted molar refractivity (Wildman–Crippen MR) is 146 cm³/mol. The zero-order chi connectivity index (χ0) is 24.8. The molecule has 0 aliphatic carbocycles. The maximum absolute atomic E-state index is 6.06. The molecule has 180 valence electrons. The molecule has 5 heteroatoms. The lowest BCUT2D eigenvalue weighted by molar-refractivity contribution is 0.404. The van der Waals surface area contributed by atoms with Crippen LogP contribution in [0.3, 0.4) is 0 Å². The van der Waals surface area contributed by atoms with Gasteiger partial charge in [0, 0.05) is 5.75 Å². The van der Waals surface area contributed by atoms with Crippen molar-refractivity contribution in [2.45, 2.75) is 52.2 Å². The molecule has 0 spiro atoms. The molecular formula is C30H33N3OS. The topological polar surface area (TPSA) is 51.3 Å². The minimum atomic E-state index is 0.0434. The van der Waals surface area contributed by atoms with Crippen LogP contribution in [0.25, 0.3) is 0 Å². The van der Waals surface area contributed by atoms with Gasteiger partial charge in [-0.3, -0.25) is 4.99 Å². The Morgan fingerprint density at radius 2 is 1.69 bits per heavy atom. The molecule has 1 atom stereocenters.